The zero-order chi connectivity index (χ0) is 11.3. The Balaban J connectivity index is 3.08. The normalized spacial score (nSPS) is 11.0. The summed E-state index contributed by atoms with van der Waals surface area (Å²) in [6.07, 6.45) is 5.00. The number of methoxy groups -OCH3 is 1. The van der Waals surface area contributed by atoms with Gasteiger partial charge in [0.25, 0.3) is 0 Å². The van der Waals surface area contributed by atoms with E-state index in [4.69, 9.17) is 4.74 Å². The van der Waals surface area contributed by atoms with Crippen molar-refractivity contribution < 1.29 is 9.53 Å². The highest BCUT2D eigenvalue weighted by atomic mass is 16.5. The van der Waals surface area contributed by atoms with E-state index >= 15 is 0 Å². The second kappa shape index (κ2) is 5.14. The Morgan fingerprint density at radius 2 is 2.27 bits per heavy atom. The number of pyridine rings is 1. The molecular formula is C11H14N2O2. The van der Waals surface area contributed by atoms with Crippen molar-refractivity contribution in [3.8, 4) is 0 Å². The summed E-state index contributed by atoms with van der Waals surface area (Å²) >= 11 is 0. The van der Waals surface area contributed by atoms with Crippen LogP contribution in [0.4, 0.5) is 0 Å². The Morgan fingerprint density at radius 1 is 1.53 bits per heavy atom. The van der Waals surface area contributed by atoms with Crippen molar-refractivity contribution in [1.29, 1.82) is 0 Å². The number of aromatic nitrogens is 1. The van der Waals surface area contributed by atoms with Crippen LogP contribution in [0.1, 0.15) is 5.56 Å². The van der Waals surface area contributed by atoms with Gasteiger partial charge in [0, 0.05) is 38.3 Å². The van der Waals surface area contributed by atoms with Crippen LogP contribution in [0.2, 0.25) is 0 Å². The van der Waals surface area contributed by atoms with Crippen LogP contribution in [0, 0.1) is 0 Å². The van der Waals surface area contributed by atoms with Crippen molar-refractivity contribution in [2.45, 2.75) is 0 Å². The predicted octanol–water partition coefficient (Wildman–Crippen LogP) is 1.16. The molecule has 0 aliphatic heterocycles. The van der Waals surface area contributed by atoms with Gasteiger partial charge in [0.05, 0.1) is 12.7 Å². The standard InChI is InChI=1S/C11H14N2O2/c1-13(2)8-10(11(14)15-3)9-5-4-6-12-7-9/h4-8H,1-3H3/b10-8-. The maximum absolute atomic E-state index is 11.5. The quantitative estimate of drug-likeness (QED) is 0.549. The van der Waals surface area contributed by atoms with Gasteiger partial charge in [-0.15, -0.1) is 0 Å². The molecule has 1 rings (SSSR count). The van der Waals surface area contributed by atoms with Crippen molar-refractivity contribution in [1.82, 2.24) is 9.88 Å². The molecule has 0 saturated carbocycles. The number of carbonyl (C=O) groups is 1. The fourth-order valence-corrected chi connectivity index (χ4v) is 1.14. The lowest BCUT2D eigenvalue weighted by Gasteiger charge is -2.10. The number of esters is 1. The summed E-state index contributed by atoms with van der Waals surface area (Å²) in [6, 6.07) is 3.60. The average Bonchev–Trinajstić information content (AvgIpc) is 2.26. The molecule has 0 aliphatic rings. The van der Waals surface area contributed by atoms with Gasteiger partial charge in [-0.1, -0.05) is 6.07 Å². The molecule has 0 fully saturated rings. The Morgan fingerprint density at radius 3 is 2.73 bits per heavy atom. The van der Waals surface area contributed by atoms with Crippen molar-refractivity contribution in [2.24, 2.45) is 0 Å². The van der Waals surface area contributed by atoms with E-state index in [1.807, 2.05) is 20.2 Å². The monoisotopic (exact) mass is 206 g/mol. The molecule has 1 heterocycles. The molecule has 4 heteroatoms. The summed E-state index contributed by atoms with van der Waals surface area (Å²) in [4.78, 5) is 17.3. The summed E-state index contributed by atoms with van der Waals surface area (Å²) < 4.78 is 4.71. The van der Waals surface area contributed by atoms with Crippen molar-refractivity contribution in [3.05, 3.63) is 36.3 Å². The van der Waals surface area contributed by atoms with Crippen LogP contribution >= 0.6 is 0 Å². The van der Waals surface area contributed by atoms with Gasteiger partial charge in [-0.3, -0.25) is 4.98 Å². The molecule has 0 radical (unpaired) electrons. The first-order valence-corrected chi connectivity index (χ1v) is 4.52. The highest BCUT2D eigenvalue weighted by Crippen LogP contribution is 2.14. The van der Waals surface area contributed by atoms with Gasteiger partial charge in [-0.05, 0) is 6.07 Å². The predicted molar refractivity (Wildman–Crippen MR) is 57.9 cm³/mol. The Hall–Kier alpha value is -1.84. The van der Waals surface area contributed by atoms with Gasteiger partial charge in [-0.25, -0.2) is 4.79 Å². The van der Waals surface area contributed by atoms with Crippen LogP contribution in [0.3, 0.4) is 0 Å². The maximum Gasteiger partial charge on any atom is 0.340 e. The van der Waals surface area contributed by atoms with Crippen LogP contribution in [-0.4, -0.2) is 37.1 Å². The van der Waals surface area contributed by atoms with E-state index < -0.39 is 0 Å². The Kier molecular flexibility index (Phi) is 3.85. The third-order valence-corrected chi connectivity index (χ3v) is 1.77. The van der Waals surface area contributed by atoms with E-state index in [2.05, 4.69) is 4.98 Å². The molecule has 0 amide bonds. The molecule has 0 bridgehead atoms. The van der Waals surface area contributed by atoms with Crippen LogP contribution in [0.5, 0.6) is 0 Å². The zero-order valence-corrected chi connectivity index (χ0v) is 9.10. The van der Waals surface area contributed by atoms with E-state index in [9.17, 15) is 4.79 Å². The molecule has 0 saturated heterocycles. The molecule has 4 nitrogen and oxygen atoms in total. The second-order valence-corrected chi connectivity index (χ2v) is 3.24. The third-order valence-electron chi connectivity index (χ3n) is 1.77. The number of carbonyl (C=O) groups excluding carboxylic acids is 1. The molecule has 0 atom stereocenters. The molecule has 0 aliphatic carbocycles. The van der Waals surface area contributed by atoms with Crippen LogP contribution in [0.15, 0.2) is 30.7 Å². The zero-order valence-electron chi connectivity index (χ0n) is 9.10. The minimum atomic E-state index is -0.364. The van der Waals surface area contributed by atoms with E-state index in [1.54, 1.807) is 29.6 Å². The number of rotatable bonds is 3. The molecule has 1 aromatic rings. The Bertz CT molecular complexity index is 358. The number of ether oxygens (including phenoxy) is 1. The summed E-state index contributed by atoms with van der Waals surface area (Å²) in [5, 5.41) is 0. The van der Waals surface area contributed by atoms with Crippen molar-refractivity contribution >= 4 is 11.5 Å². The van der Waals surface area contributed by atoms with Gasteiger partial charge < -0.3 is 9.64 Å². The lowest BCUT2D eigenvalue weighted by molar-refractivity contribution is -0.133. The van der Waals surface area contributed by atoms with Crippen LogP contribution < -0.4 is 0 Å². The first-order chi connectivity index (χ1) is 7.15. The molecule has 0 spiro atoms. The van der Waals surface area contributed by atoms with Gasteiger partial charge in [-0.2, -0.15) is 0 Å². The van der Waals surface area contributed by atoms with E-state index in [0.717, 1.165) is 5.56 Å². The molecular weight excluding hydrogens is 192 g/mol. The number of hydrogen-bond acceptors (Lipinski definition) is 4. The average molecular weight is 206 g/mol. The topological polar surface area (TPSA) is 42.4 Å². The fraction of sp³-hybridized carbons (Fsp3) is 0.273. The van der Waals surface area contributed by atoms with Crippen molar-refractivity contribution in [2.75, 3.05) is 21.2 Å². The van der Waals surface area contributed by atoms with Gasteiger partial charge >= 0.3 is 5.97 Å². The summed E-state index contributed by atoms with van der Waals surface area (Å²) in [5.74, 6) is -0.364. The smallest absolute Gasteiger partial charge is 0.340 e. The largest absolute Gasteiger partial charge is 0.465 e. The molecule has 0 unspecified atom stereocenters. The molecule has 15 heavy (non-hydrogen) atoms. The summed E-state index contributed by atoms with van der Waals surface area (Å²) in [5.41, 5.74) is 1.24. The van der Waals surface area contributed by atoms with E-state index in [-0.39, 0.29) is 5.97 Å². The second-order valence-electron chi connectivity index (χ2n) is 3.24. The van der Waals surface area contributed by atoms with E-state index in [0.29, 0.717) is 5.57 Å². The van der Waals surface area contributed by atoms with Crippen LogP contribution in [-0.2, 0) is 9.53 Å². The minimum absolute atomic E-state index is 0.364. The SMILES string of the molecule is COC(=O)/C(=C\N(C)C)c1cccnc1. The lowest BCUT2D eigenvalue weighted by Crippen LogP contribution is -2.10. The van der Waals surface area contributed by atoms with Gasteiger partial charge in [0.15, 0.2) is 0 Å². The fourth-order valence-electron chi connectivity index (χ4n) is 1.14. The first-order valence-electron chi connectivity index (χ1n) is 4.52. The molecule has 0 aromatic carbocycles. The van der Waals surface area contributed by atoms with Gasteiger partial charge in [0.1, 0.15) is 0 Å². The molecule has 1 aromatic heterocycles. The molecule has 0 N–H and O–H groups in total. The summed E-state index contributed by atoms with van der Waals surface area (Å²) in [6.45, 7) is 0. The minimum Gasteiger partial charge on any atom is -0.465 e. The first kappa shape index (κ1) is 11.2. The summed E-state index contributed by atoms with van der Waals surface area (Å²) in [7, 11) is 5.06. The van der Waals surface area contributed by atoms with Crippen LogP contribution in [0.25, 0.3) is 5.57 Å². The number of nitrogens with zero attached hydrogens (tertiary/aromatic N) is 2. The Labute approximate surface area is 89.2 Å². The highest BCUT2D eigenvalue weighted by molar-refractivity contribution is 6.16. The third kappa shape index (κ3) is 3.09. The molecule has 80 valence electrons. The maximum atomic E-state index is 11.5. The highest BCUT2D eigenvalue weighted by Gasteiger charge is 2.12. The van der Waals surface area contributed by atoms with Crippen molar-refractivity contribution in [3.63, 3.8) is 0 Å². The van der Waals surface area contributed by atoms with E-state index in [1.165, 1.54) is 7.11 Å². The van der Waals surface area contributed by atoms with Gasteiger partial charge in [0.2, 0.25) is 0 Å². The lowest BCUT2D eigenvalue weighted by atomic mass is 10.1. The number of hydrogen-bond donors (Lipinski definition) is 0.